The van der Waals surface area contributed by atoms with Gasteiger partial charge in [-0.25, -0.2) is 0 Å². The molecule has 0 radical (unpaired) electrons. The molecule has 0 aliphatic carbocycles. The number of piperazine rings is 1. The lowest BCUT2D eigenvalue weighted by Crippen LogP contribution is -2.56. The highest BCUT2D eigenvalue weighted by molar-refractivity contribution is 6.33. The lowest BCUT2D eigenvalue weighted by Gasteiger charge is -2.39. The van der Waals surface area contributed by atoms with Crippen molar-refractivity contribution in [1.29, 1.82) is 0 Å². The van der Waals surface area contributed by atoms with Gasteiger partial charge in [-0.15, -0.1) is 12.4 Å². The molecule has 0 spiro atoms. The number of para-hydroxylation sites is 1. The third-order valence-electron chi connectivity index (χ3n) is 3.92. The van der Waals surface area contributed by atoms with Gasteiger partial charge in [-0.2, -0.15) is 0 Å². The zero-order valence-corrected chi connectivity index (χ0v) is 12.8. The van der Waals surface area contributed by atoms with Crippen molar-refractivity contribution in [2.45, 2.75) is 0 Å². The number of rotatable bonds is 2. The van der Waals surface area contributed by atoms with E-state index in [0.29, 0.717) is 5.91 Å². The molecule has 2 aliphatic rings. The average molecular weight is 316 g/mol. The lowest BCUT2D eigenvalue weighted by molar-refractivity contribution is -0.137. The van der Waals surface area contributed by atoms with Crippen molar-refractivity contribution in [1.82, 2.24) is 10.2 Å². The summed E-state index contributed by atoms with van der Waals surface area (Å²) in [7, 11) is 0. The molecule has 1 amide bonds. The van der Waals surface area contributed by atoms with Gasteiger partial charge >= 0.3 is 0 Å². The number of anilines is 1. The summed E-state index contributed by atoms with van der Waals surface area (Å²) in [5.41, 5.74) is 1.07. The van der Waals surface area contributed by atoms with Crippen LogP contribution in [0.3, 0.4) is 0 Å². The minimum absolute atomic E-state index is 0. The van der Waals surface area contributed by atoms with E-state index in [1.54, 1.807) is 0 Å². The Morgan fingerprint density at radius 1 is 1.15 bits per heavy atom. The SMILES string of the molecule is Cl.O=C(C1CNC1)N1CCN(c2ccccc2Cl)CC1. The first kappa shape index (κ1) is 15.4. The fourth-order valence-corrected chi connectivity index (χ4v) is 2.85. The molecule has 3 rings (SSSR count). The molecular weight excluding hydrogens is 297 g/mol. The van der Waals surface area contributed by atoms with Crippen molar-refractivity contribution < 1.29 is 4.79 Å². The maximum absolute atomic E-state index is 12.1. The van der Waals surface area contributed by atoms with Gasteiger partial charge < -0.3 is 15.1 Å². The summed E-state index contributed by atoms with van der Waals surface area (Å²) in [6.07, 6.45) is 0. The van der Waals surface area contributed by atoms with Crippen molar-refractivity contribution >= 4 is 35.6 Å². The third kappa shape index (κ3) is 3.03. The molecule has 2 saturated heterocycles. The summed E-state index contributed by atoms with van der Waals surface area (Å²) in [5.74, 6) is 0.504. The maximum atomic E-state index is 12.1. The van der Waals surface area contributed by atoms with E-state index in [4.69, 9.17) is 11.6 Å². The van der Waals surface area contributed by atoms with Gasteiger partial charge in [-0.1, -0.05) is 23.7 Å². The van der Waals surface area contributed by atoms with E-state index < -0.39 is 0 Å². The van der Waals surface area contributed by atoms with Gasteiger partial charge in [0.2, 0.25) is 5.91 Å². The van der Waals surface area contributed by atoms with Crippen molar-refractivity contribution in [3.8, 4) is 0 Å². The second-order valence-electron chi connectivity index (χ2n) is 5.12. The molecule has 1 aromatic rings. The Morgan fingerprint density at radius 2 is 1.80 bits per heavy atom. The number of nitrogens with one attached hydrogen (secondary N) is 1. The molecule has 1 aromatic carbocycles. The molecule has 2 fully saturated rings. The van der Waals surface area contributed by atoms with E-state index in [9.17, 15) is 4.79 Å². The van der Waals surface area contributed by atoms with Gasteiger partial charge in [0.1, 0.15) is 0 Å². The van der Waals surface area contributed by atoms with Crippen LogP contribution in [0.2, 0.25) is 5.02 Å². The molecule has 4 nitrogen and oxygen atoms in total. The van der Waals surface area contributed by atoms with Crippen molar-refractivity contribution in [3.63, 3.8) is 0 Å². The van der Waals surface area contributed by atoms with Gasteiger partial charge in [0.15, 0.2) is 0 Å². The molecule has 20 heavy (non-hydrogen) atoms. The monoisotopic (exact) mass is 315 g/mol. The minimum atomic E-state index is 0. The Morgan fingerprint density at radius 3 is 2.35 bits per heavy atom. The highest BCUT2D eigenvalue weighted by atomic mass is 35.5. The zero-order chi connectivity index (χ0) is 13.2. The fourth-order valence-electron chi connectivity index (χ4n) is 2.60. The molecule has 0 bridgehead atoms. The van der Waals surface area contributed by atoms with Gasteiger partial charge in [0, 0.05) is 39.3 Å². The molecule has 0 unspecified atom stereocenters. The topological polar surface area (TPSA) is 35.6 Å². The number of amides is 1. The quantitative estimate of drug-likeness (QED) is 0.901. The first-order valence-electron chi connectivity index (χ1n) is 6.74. The Labute approximate surface area is 130 Å². The summed E-state index contributed by atoms with van der Waals surface area (Å²) >= 11 is 6.21. The number of hydrogen-bond donors (Lipinski definition) is 1. The summed E-state index contributed by atoms with van der Waals surface area (Å²) in [5, 5.41) is 3.93. The van der Waals surface area contributed by atoms with E-state index in [2.05, 4.69) is 10.2 Å². The number of carbonyl (C=O) groups excluding carboxylic acids is 1. The van der Waals surface area contributed by atoms with Crippen molar-refractivity contribution in [2.75, 3.05) is 44.2 Å². The van der Waals surface area contributed by atoms with Crippen molar-refractivity contribution in [3.05, 3.63) is 29.3 Å². The predicted octanol–water partition coefficient (Wildman–Crippen LogP) is 1.63. The number of nitrogens with zero attached hydrogens (tertiary/aromatic N) is 2. The van der Waals surface area contributed by atoms with E-state index in [0.717, 1.165) is 50.0 Å². The van der Waals surface area contributed by atoms with Gasteiger partial charge in [0.05, 0.1) is 16.6 Å². The second-order valence-corrected chi connectivity index (χ2v) is 5.53. The van der Waals surface area contributed by atoms with Crippen LogP contribution in [0.1, 0.15) is 0 Å². The normalized spacial score (nSPS) is 19.2. The van der Waals surface area contributed by atoms with Crippen molar-refractivity contribution in [2.24, 2.45) is 5.92 Å². The first-order valence-corrected chi connectivity index (χ1v) is 7.12. The van der Waals surface area contributed by atoms with Crippen LogP contribution in [0, 0.1) is 5.92 Å². The molecule has 110 valence electrons. The van der Waals surface area contributed by atoms with Gasteiger partial charge in [-0.3, -0.25) is 4.79 Å². The van der Waals surface area contributed by atoms with Crippen LogP contribution in [-0.4, -0.2) is 50.1 Å². The zero-order valence-electron chi connectivity index (χ0n) is 11.2. The molecule has 2 aliphatic heterocycles. The first-order chi connectivity index (χ1) is 9.25. The van der Waals surface area contributed by atoms with E-state index >= 15 is 0 Å². The van der Waals surface area contributed by atoms with Crippen LogP contribution in [-0.2, 0) is 4.79 Å². The van der Waals surface area contributed by atoms with Gasteiger partial charge in [-0.05, 0) is 12.1 Å². The van der Waals surface area contributed by atoms with Crippen LogP contribution >= 0.6 is 24.0 Å². The van der Waals surface area contributed by atoms with Crippen LogP contribution in [0.15, 0.2) is 24.3 Å². The molecule has 0 aromatic heterocycles. The predicted molar refractivity (Wildman–Crippen MR) is 83.9 cm³/mol. The number of hydrogen-bond acceptors (Lipinski definition) is 3. The molecular formula is C14H19Cl2N3O. The van der Waals surface area contributed by atoms with Crippen LogP contribution < -0.4 is 10.2 Å². The van der Waals surface area contributed by atoms with E-state index in [-0.39, 0.29) is 18.3 Å². The van der Waals surface area contributed by atoms with Gasteiger partial charge in [0.25, 0.3) is 0 Å². The molecule has 0 saturated carbocycles. The molecule has 6 heteroatoms. The number of benzene rings is 1. The summed E-state index contributed by atoms with van der Waals surface area (Å²) in [4.78, 5) is 16.4. The Hall–Kier alpha value is -0.970. The minimum Gasteiger partial charge on any atom is -0.367 e. The highest BCUT2D eigenvalue weighted by Crippen LogP contribution is 2.26. The average Bonchev–Trinajstić information content (AvgIpc) is 2.37. The highest BCUT2D eigenvalue weighted by Gasteiger charge is 2.31. The smallest absolute Gasteiger partial charge is 0.228 e. The third-order valence-corrected chi connectivity index (χ3v) is 4.23. The number of halogens is 2. The Kier molecular flexibility index (Phi) is 5.13. The van der Waals surface area contributed by atoms with Crippen LogP contribution in [0.5, 0.6) is 0 Å². The second kappa shape index (κ2) is 6.66. The summed E-state index contributed by atoms with van der Waals surface area (Å²) in [6, 6.07) is 7.89. The fraction of sp³-hybridized carbons (Fsp3) is 0.500. The lowest BCUT2D eigenvalue weighted by atomic mass is 10.0. The Bertz CT molecular complexity index is 471. The molecule has 2 heterocycles. The van der Waals surface area contributed by atoms with E-state index in [1.807, 2.05) is 29.2 Å². The van der Waals surface area contributed by atoms with Crippen LogP contribution in [0.25, 0.3) is 0 Å². The number of carbonyl (C=O) groups is 1. The van der Waals surface area contributed by atoms with Crippen LogP contribution in [0.4, 0.5) is 5.69 Å². The summed E-state index contributed by atoms with van der Waals surface area (Å²) in [6.45, 7) is 4.97. The molecule has 1 N–H and O–H groups in total. The Balaban J connectivity index is 0.00000147. The summed E-state index contributed by atoms with van der Waals surface area (Å²) < 4.78 is 0. The van der Waals surface area contributed by atoms with E-state index in [1.165, 1.54) is 0 Å². The maximum Gasteiger partial charge on any atom is 0.228 e. The molecule has 0 atom stereocenters. The standard InChI is InChI=1S/C14H18ClN3O.ClH/c15-12-3-1-2-4-13(12)17-5-7-18(8-6-17)14(19)11-9-16-10-11;/h1-4,11,16H,5-10H2;1H. The largest absolute Gasteiger partial charge is 0.367 e.